The van der Waals surface area contributed by atoms with Gasteiger partial charge in [-0.05, 0) is 25.1 Å². The Bertz CT molecular complexity index is 800. The summed E-state index contributed by atoms with van der Waals surface area (Å²) in [6, 6.07) is 4.64. The predicted octanol–water partition coefficient (Wildman–Crippen LogP) is 2.49. The van der Waals surface area contributed by atoms with Gasteiger partial charge in [-0.3, -0.25) is 9.59 Å². The van der Waals surface area contributed by atoms with E-state index in [-0.39, 0.29) is 12.1 Å². The summed E-state index contributed by atoms with van der Waals surface area (Å²) in [6.07, 6.45) is 1.53. The van der Waals surface area contributed by atoms with Crippen LogP contribution in [0.4, 0.5) is 14.5 Å². The number of hydrogen-bond acceptors (Lipinski definition) is 5. The summed E-state index contributed by atoms with van der Waals surface area (Å²) in [5.74, 6) is -3.10. The number of rotatable bonds is 3. The Morgan fingerprint density at radius 1 is 1.22 bits per heavy atom. The van der Waals surface area contributed by atoms with Crippen molar-refractivity contribution in [1.82, 2.24) is 9.97 Å². The van der Waals surface area contributed by atoms with Gasteiger partial charge < -0.3 is 0 Å². The molecule has 0 spiro atoms. The number of nitrogens with zero attached hydrogens (tertiary/aromatic N) is 3. The number of carbonyl (C=O) groups excluding carboxylic acids is 2. The van der Waals surface area contributed by atoms with Crippen LogP contribution in [0.5, 0.6) is 0 Å². The lowest BCUT2D eigenvalue weighted by atomic mass is 10.3. The van der Waals surface area contributed by atoms with Gasteiger partial charge in [-0.1, -0.05) is 11.8 Å². The number of benzene rings is 1. The zero-order valence-corrected chi connectivity index (χ0v) is 12.8. The molecule has 23 heavy (non-hydrogen) atoms. The second-order valence-electron chi connectivity index (χ2n) is 4.96. The zero-order valence-electron chi connectivity index (χ0n) is 12.0. The summed E-state index contributed by atoms with van der Waals surface area (Å²) in [6.45, 7) is 1.79. The van der Waals surface area contributed by atoms with Gasteiger partial charge in [0, 0.05) is 24.4 Å². The van der Waals surface area contributed by atoms with Crippen molar-refractivity contribution < 1.29 is 18.4 Å². The number of thioether (sulfide) groups is 1. The van der Waals surface area contributed by atoms with E-state index in [0.717, 1.165) is 34.5 Å². The lowest BCUT2D eigenvalue weighted by Crippen LogP contribution is -2.31. The topological polar surface area (TPSA) is 63.2 Å². The highest BCUT2D eigenvalue weighted by atomic mass is 32.2. The summed E-state index contributed by atoms with van der Waals surface area (Å²) in [5, 5.41) is -0.291. The standard InChI is InChI=1S/C15H11F2N3O2S/c1-8-4-5-18-15(19-8)23-12-7-13(21)20(14(12)22)9-2-3-10(16)11(17)6-9/h2-6,12H,7H2,1H3/t12-/m0/s1. The van der Waals surface area contributed by atoms with Crippen molar-refractivity contribution in [2.75, 3.05) is 4.90 Å². The fourth-order valence-corrected chi connectivity index (χ4v) is 3.21. The first-order valence-corrected chi connectivity index (χ1v) is 7.62. The molecule has 2 aromatic rings. The molecular weight excluding hydrogens is 324 g/mol. The van der Waals surface area contributed by atoms with E-state index in [1.165, 1.54) is 6.07 Å². The average Bonchev–Trinajstić information content (AvgIpc) is 2.77. The largest absolute Gasteiger partial charge is 0.274 e. The SMILES string of the molecule is Cc1ccnc(S[C@H]2CC(=O)N(c3ccc(F)c(F)c3)C2=O)n1. The van der Waals surface area contributed by atoms with Crippen LogP contribution in [0.2, 0.25) is 0 Å². The van der Waals surface area contributed by atoms with Gasteiger partial charge in [0.15, 0.2) is 16.8 Å². The number of hydrogen-bond donors (Lipinski definition) is 0. The van der Waals surface area contributed by atoms with Crippen LogP contribution in [-0.2, 0) is 9.59 Å². The highest BCUT2D eigenvalue weighted by Gasteiger charge is 2.40. The van der Waals surface area contributed by atoms with E-state index in [0.29, 0.717) is 5.16 Å². The second kappa shape index (κ2) is 6.04. The normalized spacial score (nSPS) is 17.9. The van der Waals surface area contributed by atoms with Crippen molar-refractivity contribution in [3.63, 3.8) is 0 Å². The Morgan fingerprint density at radius 3 is 2.70 bits per heavy atom. The first-order chi connectivity index (χ1) is 11.0. The second-order valence-corrected chi connectivity index (χ2v) is 6.13. The molecule has 0 N–H and O–H groups in total. The van der Waals surface area contributed by atoms with E-state index in [1.54, 1.807) is 19.2 Å². The fraction of sp³-hybridized carbons (Fsp3) is 0.200. The average molecular weight is 335 g/mol. The highest BCUT2D eigenvalue weighted by Crippen LogP contribution is 2.32. The van der Waals surface area contributed by atoms with E-state index in [2.05, 4.69) is 9.97 Å². The zero-order chi connectivity index (χ0) is 16.6. The van der Waals surface area contributed by atoms with Crippen LogP contribution in [0.25, 0.3) is 0 Å². The maximum absolute atomic E-state index is 13.3. The van der Waals surface area contributed by atoms with Crippen molar-refractivity contribution in [3.05, 3.63) is 47.8 Å². The molecule has 3 rings (SSSR count). The van der Waals surface area contributed by atoms with Crippen molar-refractivity contribution in [3.8, 4) is 0 Å². The third kappa shape index (κ3) is 3.07. The van der Waals surface area contributed by atoms with Crippen LogP contribution < -0.4 is 4.90 Å². The third-order valence-electron chi connectivity index (χ3n) is 3.29. The van der Waals surface area contributed by atoms with Crippen LogP contribution >= 0.6 is 11.8 Å². The van der Waals surface area contributed by atoms with E-state index in [4.69, 9.17) is 0 Å². The molecule has 0 aliphatic carbocycles. The molecule has 1 aliphatic rings. The summed E-state index contributed by atoms with van der Waals surface area (Å²) in [7, 11) is 0. The lowest BCUT2D eigenvalue weighted by Gasteiger charge is -2.14. The first-order valence-electron chi connectivity index (χ1n) is 6.74. The van der Waals surface area contributed by atoms with Crippen LogP contribution in [-0.4, -0.2) is 27.0 Å². The van der Waals surface area contributed by atoms with Gasteiger partial charge in [-0.25, -0.2) is 23.6 Å². The van der Waals surface area contributed by atoms with Gasteiger partial charge in [-0.2, -0.15) is 0 Å². The number of anilines is 1. The Morgan fingerprint density at radius 2 is 2.00 bits per heavy atom. The molecule has 1 aromatic heterocycles. The molecule has 118 valence electrons. The number of imide groups is 1. The Labute approximate surface area is 134 Å². The van der Waals surface area contributed by atoms with Crippen LogP contribution in [0.15, 0.2) is 35.6 Å². The van der Waals surface area contributed by atoms with Crippen molar-refractivity contribution >= 4 is 29.3 Å². The molecule has 1 fully saturated rings. The van der Waals surface area contributed by atoms with Crippen LogP contribution in [0.1, 0.15) is 12.1 Å². The molecule has 1 saturated heterocycles. The first kappa shape index (κ1) is 15.5. The number of aromatic nitrogens is 2. The van der Waals surface area contributed by atoms with Crippen molar-refractivity contribution in [2.45, 2.75) is 23.8 Å². The molecule has 0 unspecified atom stereocenters. The van der Waals surface area contributed by atoms with Crippen molar-refractivity contribution in [2.24, 2.45) is 0 Å². The molecule has 1 aliphatic heterocycles. The number of carbonyl (C=O) groups is 2. The maximum Gasteiger partial charge on any atom is 0.247 e. The molecule has 0 radical (unpaired) electrons. The molecule has 1 aromatic carbocycles. The van der Waals surface area contributed by atoms with E-state index in [1.807, 2.05) is 0 Å². The van der Waals surface area contributed by atoms with Gasteiger partial charge >= 0.3 is 0 Å². The smallest absolute Gasteiger partial charge is 0.247 e. The van der Waals surface area contributed by atoms with E-state index >= 15 is 0 Å². The monoisotopic (exact) mass is 335 g/mol. The molecule has 2 heterocycles. The van der Waals surface area contributed by atoms with Gasteiger partial charge in [-0.15, -0.1) is 0 Å². The summed E-state index contributed by atoms with van der Waals surface area (Å²) in [5.41, 5.74) is 0.767. The van der Waals surface area contributed by atoms with Crippen LogP contribution in [0.3, 0.4) is 0 Å². The molecule has 0 bridgehead atoms. The quantitative estimate of drug-likeness (QED) is 0.637. The summed E-state index contributed by atoms with van der Waals surface area (Å²) < 4.78 is 26.3. The molecule has 2 amide bonds. The van der Waals surface area contributed by atoms with Gasteiger partial charge in [0.2, 0.25) is 11.8 Å². The Hall–Kier alpha value is -2.35. The molecule has 5 nitrogen and oxygen atoms in total. The van der Waals surface area contributed by atoms with Crippen LogP contribution in [0, 0.1) is 18.6 Å². The minimum atomic E-state index is -1.11. The van der Waals surface area contributed by atoms with E-state index in [9.17, 15) is 18.4 Å². The Kier molecular flexibility index (Phi) is 4.08. The molecule has 1 atom stereocenters. The van der Waals surface area contributed by atoms with Gasteiger partial charge in [0.05, 0.1) is 5.69 Å². The molecule has 0 saturated carbocycles. The predicted molar refractivity (Wildman–Crippen MR) is 79.9 cm³/mol. The third-order valence-corrected chi connectivity index (χ3v) is 4.35. The maximum atomic E-state index is 13.3. The van der Waals surface area contributed by atoms with Gasteiger partial charge in [0.25, 0.3) is 0 Å². The van der Waals surface area contributed by atoms with Gasteiger partial charge in [0.1, 0.15) is 5.25 Å². The minimum absolute atomic E-state index is 0.0205. The number of aryl methyl sites for hydroxylation is 1. The lowest BCUT2D eigenvalue weighted by molar-refractivity contribution is -0.121. The Balaban J connectivity index is 1.83. The van der Waals surface area contributed by atoms with E-state index < -0.39 is 28.7 Å². The summed E-state index contributed by atoms with van der Waals surface area (Å²) in [4.78, 5) is 33.6. The molecule has 8 heteroatoms. The summed E-state index contributed by atoms with van der Waals surface area (Å²) >= 11 is 1.08. The number of amides is 2. The molecular formula is C15H11F2N3O2S. The van der Waals surface area contributed by atoms with Crippen molar-refractivity contribution in [1.29, 1.82) is 0 Å². The highest BCUT2D eigenvalue weighted by molar-refractivity contribution is 8.00. The number of halogens is 2. The fourth-order valence-electron chi connectivity index (χ4n) is 2.20. The minimum Gasteiger partial charge on any atom is -0.274 e.